The second-order valence-electron chi connectivity index (χ2n) is 14.1. The molecular weight excluding hydrogens is 619 g/mol. The Hall–Kier alpha value is -6.38. The number of anilines is 3. The van der Waals surface area contributed by atoms with Gasteiger partial charge in [-0.05, 0) is 86.8 Å². The van der Waals surface area contributed by atoms with Gasteiger partial charge in [0, 0.05) is 38.5 Å². The molecule has 10 rings (SSSR count). The van der Waals surface area contributed by atoms with Crippen molar-refractivity contribution in [2.75, 3.05) is 4.90 Å². The maximum absolute atomic E-state index is 6.41. The molecule has 0 amide bonds. The van der Waals surface area contributed by atoms with Crippen LogP contribution in [-0.4, -0.2) is 0 Å². The van der Waals surface area contributed by atoms with Crippen LogP contribution in [0.5, 0.6) is 0 Å². The molecule has 0 bridgehead atoms. The van der Waals surface area contributed by atoms with Crippen LogP contribution in [0, 0.1) is 0 Å². The molecule has 1 aromatic heterocycles. The fourth-order valence-electron chi connectivity index (χ4n) is 8.37. The second-order valence-corrected chi connectivity index (χ2v) is 14.1. The van der Waals surface area contributed by atoms with Gasteiger partial charge in [0.1, 0.15) is 11.2 Å². The normalized spacial score (nSPS) is 13.1. The molecule has 0 N–H and O–H groups in total. The summed E-state index contributed by atoms with van der Waals surface area (Å²) in [6.07, 6.45) is 0. The summed E-state index contributed by atoms with van der Waals surface area (Å²) in [5.74, 6) is 0. The van der Waals surface area contributed by atoms with Gasteiger partial charge in [0.15, 0.2) is 0 Å². The Morgan fingerprint density at radius 2 is 1.02 bits per heavy atom. The zero-order chi connectivity index (χ0) is 34.1. The van der Waals surface area contributed by atoms with Crippen LogP contribution in [0.4, 0.5) is 17.1 Å². The minimum Gasteiger partial charge on any atom is -0.455 e. The number of hydrogen-bond donors (Lipinski definition) is 0. The third kappa shape index (κ3) is 4.57. The highest BCUT2D eigenvalue weighted by atomic mass is 16.3. The summed E-state index contributed by atoms with van der Waals surface area (Å²) < 4.78 is 6.41. The second kappa shape index (κ2) is 11.3. The molecule has 8 aromatic carbocycles. The molecule has 9 aromatic rings. The molecule has 2 nitrogen and oxygen atoms in total. The molecule has 1 aliphatic rings. The third-order valence-corrected chi connectivity index (χ3v) is 10.9. The molecule has 0 fully saturated rings. The van der Waals surface area contributed by atoms with Crippen LogP contribution < -0.4 is 4.90 Å². The van der Waals surface area contributed by atoms with Crippen LogP contribution in [0.15, 0.2) is 180 Å². The SMILES string of the molecule is CC1(C)c2ccccc2-c2ccc(N(c3ccc(-c4cccc5c4ccc4c6ccccc6oc54)cc3)c3ccccc3-c3ccccc3)cc21. The van der Waals surface area contributed by atoms with E-state index in [2.05, 4.69) is 183 Å². The lowest BCUT2D eigenvalue weighted by Gasteiger charge is -2.30. The molecule has 0 radical (unpaired) electrons. The fourth-order valence-corrected chi connectivity index (χ4v) is 8.37. The molecule has 1 aliphatic carbocycles. The minimum absolute atomic E-state index is 0.101. The Kier molecular flexibility index (Phi) is 6.56. The van der Waals surface area contributed by atoms with E-state index in [4.69, 9.17) is 4.42 Å². The molecule has 0 saturated heterocycles. The predicted molar refractivity (Wildman–Crippen MR) is 214 cm³/mol. The van der Waals surface area contributed by atoms with Gasteiger partial charge in [0.05, 0.1) is 5.69 Å². The molecule has 51 heavy (non-hydrogen) atoms. The van der Waals surface area contributed by atoms with E-state index in [1.165, 1.54) is 49.9 Å². The van der Waals surface area contributed by atoms with Gasteiger partial charge in [0.25, 0.3) is 0 Å². The van der Waals surface area contributed by atoms with Gasteiger partial charge in [-0.2, -0.15) is 0 Å². The van der Waals surface area contributed by atoms with Gasteiger partial charge in [-0.1, -0.05) is 147 Å². The van der Waals surface area contributed by atoms with Gasteiger partial charge in [-0.15, -0.1) is 0 Å². The maximum Gasteiger partial charge on any atom is 0.143 e. The highest BCUT2D eigenvalue weighted by Crippen LogP contribution is 2.51. The molecule has 0 unspecified atom stereocenters. The average Bonchev–Trinajstić information content (AvgIpc) is 3.68. The van der Waals surface area contributed by atoms with E-state index >= 15 is 0 Å². The van der Waals surface area contributed by atoms with E-state index in [9.17, 15) is 0 Å². The summed E-state index contributed by atoms with van der Waals surface area (Å²) in [5.41, 5.74) is 15.3. The van der Waals surface area contributed by atoms with Gasteiger partial charge < -0.3 is 9.32 Å². The molecule has 0 aliphatic heterocycles. The van der Waals surface area contributed by atoms with Crippen molar-refractivity contribution < 1.29 is 4.42 Å². The average molecular weight is 654 g/mol. The number of hydrogen-bond acceptors (Lipinski definition) is 2. The number of nitrogens with zero attached hydrogens (tertiary/aromatic N) is 1. The van der Waals surface area contributed by atoms with Crippen molar-refractivity contribution in [3.63, 3.8) is 0 Å². The zero-order valence-electron chi connectivity index (χ0n) is 28.6. The lowest BCUT2D eigenvalue weighted by atomic mass is 9.82. The van der Waals surface area contributed by atoms with Crippen LogP contribution in [0.1, 0.15) is 25.0 Å². The summed E-state index contributed by atoms with van der Waals surface area (Å²) in [4.78, 5) is 2.42. The van der Waals surface area contributed by atoms with Crippen LogP contribution in [-0.2, 0) is 5.41 Å². The summed E-state index contributed by atoms with van der Waals surface area (Å²) in [5, 5.41) is 4.62. The maximum atomic E-state index is 6.41. The Morgan fingerprint density at radius 1 is 0.412 bits per heavy atom. The number of rotatable bonds is 5. The van der Waals surface area contributed by atoms with Crippen LogP contribution in [0.25, 0.3) is 66.1 Å². The van der Waals surface area contributed by atoms with Crippen molar-refractivity contribution >= 4 is 49.8 Å². The highest BCUT2D eigenvalue weighted by Gasteiger charge is 2.35. The highest BCUT2D eigenvalue weighted by molar-refractivity contribution is 6.17. The van der Waals surface area contributed by atoms with Crippen molar-refractivity contribution in [3.8, 4) is 33.4 Å². The summed E-state index contributed by atoms with van der Waals surface area (Å²) in [7, 11) is 0. The van der Waals surface area contributed by atoms with Crippen LogP contribution >= 0.6 is 0 Å². The summed E-state index contributed by atoms with van der Waals surface area (Å²) in [6.45, 7) is 4.70. The fraction of sp³-hybridized carbons (Fsp3) is 0.0612. The first-order chi connectivity index (χ1) is 25.1. The molecule has 242 valence electrons. The number of para-hydroxylation sites is 2. The van der Waals surface area contributed by atoms with E-state index in [0.717, 1.165) is 44.4 Å². The molecule has 0 spiro atoms. The first-order valence-corrected chi connectivity index (χ1v) is 17.7. The Labute approximate surface area is 297 Å². The first kappa shape index (κ1) is 29.5. The van der Waals surface area contributed by atoms with Crippen LogP contribution in [0.2, 0.25) is 0 Å². The third-order valence-electron chi connectivity index (χ3n) is 10.9. The molecule has 1 heterocycles. The standard InChI is InChI=1S/C49H35NO/c1-49(2)44-20-9-6-16-39(44)40-28-27-35(31-45(40)49)50(46-21-10-7-15-37(46)32-13-4-3-5-14-32)34-25-23-33(24-26-34)36-18-12-19-42-38(36)29-30-43-41-17-8-11-22-47(41)51-48(42)43/h3-31H,1-2H3. The van der Waals surface area contributed by atoms with Crippen molar-refractivity contribution in [3.05, 3.63) is 187 Å². The Morgan fingerprint density at radius 3 is 1.88 bits per heavy atom. The minimum atomic E-state index is -0.101. The topological polar surface area (TPSA) is 16.4 Å². The summed E-state index contributed by atoms with van der Waals surface area (Å²) >= 11 is 0. The Bertz CT molecular complexity index is 2770. The van der Waals surface area contributed by atoms with Gasteiger partial charge in [0.2, 0.25) is 0 Å². The zero-order valence-corrected chi connectivity index (χ0v) is 28.6. The molecule has 2 heteroatoms. The van der Waals surface area contributed by atoms with Gasteiger partial charge in [-0.25, -0.2) is 0 Å². The van der Waals surface area contributed by atoms with E-state index in [1.807, 2.05) is 12.1 Å². The van der Waals surface area contributed by atoms with E-state index in [-0.39, 0.29) is 5.41 Å². The summed E-state index contributed by atoms with van der Waals surface area (Å²) in [6, 6.07) is 63.7. The Balaban J connectivity index is 1.13. The van der Waals surface area contributed by atoms with E-state index < -0.39 is 0 Å². The number of furan rings is 1. The number of fused-ring (bicyclic) bond motifs is 8. The largest absolute Gasteiger partial charge is 0.455 e. The van der Waals surface area contributed by atoms with Crippen molar-refractivity contribution in [1.29, 1.82) is 0 Å². The first-order valence-electron chi connectivity index (χ1n) is 17.7. The van der Waals surface area contributed by atoms with Crippen molar-refractivity contribution in [2.24, 2.45) is 0 Å². The van der Waals surface area contributed by atoms with Crippen molar-refractivity contribution in [2.45, 2.75) is 19.3 Å². The molecule has 0 atom stereocenters. The van der Waals surface area contributed by atoms with Crippen molar-refractivity contribution in [1.82, 2.24) is 0 Å². The lowest BCUT2D eigenvalue weighted by Crippen LogP contribution is -2.16. The van der Waals surface area contributed by atoms with E-state index in [1.54, 1.807) is 0 Å². The van der Waals surface area contributed by atoms with Gasteiger partial charge in [-0.3, -0.25) is 0 Å². The quantitative estimate of drug-likeness (QED) is 0.184. The molecular formula is C49H35NO. The smallest absolute Gasteiger partial charge is 0.143 e. The monoisotopic (exact) mass is 653 g/mol. The van der Waals surface area contributed by atoms with Crippen LogP contribution in [0.3, 0.4) is 0 Å². The molecule has 0 saturated carbocycles. The lowest BCUT2D eigenvalue weighted by molar-refractivity contribution is 0.660. The van der Waals surface area contributed by atoms with Gasteiger partial charge >= 0.3 is 0 Å². The van der Waals surface area contributed by atoms with E-state index in [0.29, 0.717) is 0 Å². The predicted octanol–water partition coefficient (Wildman–Crippen LogP) is 13.8. The number of benzene rings is 8.